The van der Waals surface area contributed by atoms with Crippen molar-refractivity contribution >= 4 is 23.5 Å². The van der Waals surface area contributed by atoms with Crippen LogP contribution >= 0.6 is 0 Å². The number of rotatable bonds is 7. The highest BCUT2D eigenvalue weighted by Crippen LogP contribution is 2.20. The Kier molecular flexibility index (Phi) is 5.77. The predicted octanol–water partition coefficient (Wildman–Crippen LogP) is 1.65. The normalized spacial score (nSPS) is 13.1. The van der Waals surface area contributed by atoms with Gasteiger partial charge in [0.25, 0.3) is 11.8 Å². The summed E-state index contributed by atoms with van der Waals surface area (Å²) in [5, 5.41) is 9.79. The minimum atomic E-state index is -0.494. The van der Waals surface area contributed by atoms with E-state index < -0.39 is 18.5 Å². The van der Waals surface area contributed by atoms with Crippen molar-refractivity contribution in [1.29, 1.82) is 0 Å². The maximum atomic E-state index is 12.1. The Morgan fingerprint density at radius 1 is 1.25 bits per heavy atom. The van der Waals surface area contributed by atoms with E-state index in [-0.39, 0.29) is 18.4 Å². The van der Waals surface area contributed by atoms with Crippen molar-refractivity contribution in [2.75, 3.05) is 11.9 Å². The minimum absolute atomic E-state index is 0.0651. The van der Waals surface area contributed by atoms with Crippen LogP contribution in [0, 0.1) is 13.8 Å². The Morgan fingerprint density at radius 3 is 2.64 bits per heavy atom. The van der Waals surface area contributed by atoms with E-state index in [0.29, 0.717) is 11.3 Å². The number of esters is 1. The molecule has 148 valence electrons. The number of hydrogen-bond donors (Lipinski definition) is 2. The molecule has 0 spiro atoms. The van der Waals surface area contributed by atoms with E-state index >= 15 is 0 Å². The molecule has 0 unspecified atom stereocenters. The van der Waals surface area contributed by atoms with Crippen molar-refractivity contribution < 1.29 is 19.1 Å². The standard InChI is InChI=1S/C20H24N4O4/c1-12-17(13(2)24(3)23-12)10-19(26)28-11-18(25)21-16-6-4-5-14(9-16)20(27)22-15-7-8-15/h4-6,9,15H,7-8,10-11H2,1-3H3,(H,21,25)(H,22,27). The summed E-state index contributed by atoms with van der Waals surface area (Å²) in [4.78, 5) is 36.2. The van der Waals surface area contributed by atoms with E-state index in [1.165, 1.54) is 0 Å². The van der Waals surface area contributed by atoms with Crippen molar-refractivity contribution in [3.8, 4) is 0 Å². The van der Waals surface area contributed by atoms with Crippen molar-refractivity contribution in [2.45, 2.75) is 39.2 Å². The molecule has 1 fully saturated rings. The molecule has 8 nitrogen and oxygen atoms in total. The molecule has 2 aromatic rings. The molecule has 0 bridgehead atoms. The van der Waals surface area contributed by atoms with E-state index in [1.807, 2.05) is 20.9 Å². The highest BCUT2D eigenvalue weighted by Gasteiger charge is 2.24. The lowest BCUT2D eigenvalue weighted by atomic mass is 10.1. The Balaban J connectivity index is 1.50. The fourth-order valence-corrected chi connectivity index (χ4v) is 2.85. The van der Waals surface area contributed by atoms with E-state index in [2.05, 4.69) is 15.7 Å². The van der Waals surface area contributed by atoms with Gasteiger partial charge in [0.2, 0.25) is 0 Å². The summed E-state index contributed by atoms with van der Waals surface area (Å²) in [5.41, 5.74) is 3.41. The average molecular weight is 384 g/mol. The zero-order chi connectivity index (χ0) is 20.3. The smallest absolute Gasteiger partial charge is 0.310 e. The van der Waals surface area contributed by atoms with Crippen LogP contribution in [0.5, 0.6) is 0 Å². The molecule has 8 heteroatoms. The third-order valence-electron chi connectivity index (χ3n) is 4.67. The van der Waals surface area contributed by atoms with Crippen LogP contribution < -0.4 is 10.6 Å². The number of aromatic nitrogens is 2. The van der Waals surface area contributed by atoms with Crippen LogP contribution in [0.2, 0.25) is 0 Å². The molecule has 1 aromatic carbocycles. The largest absolute Gasteiger partial charge is 0.455 e. The molecule has 3 rings (SSSR count). The lowest BCUT2D eigenvalue weighted by molar-refractivity contribution is -0.146. The number of hydrogen-bond acceptors (Lipinski definition) is 5. The third-order valence-corrected chi connectivity index (χ3v) is 4.67. The van der Waals surface area contributed by atoms with Gasteiger partial charge in [0, 0.05) is 35.6 Å². The summed E-state index contributed by atoms with van der Waals surface area (Å²) in [6.45, 7) is 3.31. The van der Waals surface area contributed by atoms with E-state index in [9.17, 15) is 14.4 Å². The molecule has 28 heavy (non-hydrogen) atoms. The summed E-state index contributed by atoms with van der Waals surface area (Å²) in [7, 11) is 1.81. The summed E-state index contributed by atoms with van der Waals surface area (Å²) in [6.07, 6.45) is 2.08. The van der Waals surface area contributed by atoms with Gasteiger partial charge in [-0.15, -0.1) is 0 Å². The van der Waals surface area contributed by atoms with Gasteiger partial charge < -0.3 is 15.4 Å². The minimum Gasteiger partial charge on any atom is -0.455 e. The first-order chi connectivity index (χ1) is 13.3. The second-order valence-electron chi connectivity index (χ2n) is 6.99. The van der Waals surface area contributed by atoms with Gasteiger partial charge in [0.15, 0.2) is 6.61 Å². The number of benzene rings is 1. The summed E-state index contributed by atoms with van der Waals surface area (Å²) in [5.74, 6) is -1.12. The Morgan fingerprint density at radius 2 is 2.00 bits per heavy atom. The fraction of sp³-hybridized carbons (Fsp3) is 0.400. The number of nitrogens with zero attached hydrogens (tertiary/aromatic N) is 2. The maximum Gasteiger partial charge on any atom is 0.310 e. The number of ether oxygens (including phenoxy) is 1. The molecule has 1 aliphatic carbocycles. The van der Waals surface area contributed by atoms with Crippen LogP contribution in [0.4, 0.5) is 5.69 Å². The number of amides is 2. The van der Waals surface area contributed by atoms with Gasteiger partial charge in [-0.25, -0.2) is 0 Å². The lowest BCUT2D eigenvalue weighted by Crippen LogP contribution is -2.25. The molecule has 1 heterocycles. The summed E-state index contributed by atoms with van der Waals surface area (Å²) < 4.78 is 6.78. The van der Waals surface area contributed by atoms with E-state index in [0.717, 1.165) is 29.8 Å². The first kappa shape index (κ1) is 19.6. The van der Waals surface area contributed by atoms with Gasteiger partial charge >= 0.3 is 5.97 Å². The molecule has 1 aromatic heterocycles. The van der Waals surface area contributed by atoms with Gasteiger partial charge in [0.1, 0.15) is 0 Å². The van der Waals surface area contributed by atoms with Crippen LogP contribution in [-0.2, 0) is 27.8 Å². The molecule has 0 radical (unpaired) electrons. The van der Waals surface area contributed by atoms with Crippen LogP contribution in [-0.4, -0.2) is 40.2 Å². The second-order valence-corrected chi connectivity index (χ2v) is 6.99. The first-order valence-electron chi connectivity index (χ1n) is 9.19. The van der Waals surface area contributed by atoms with Crippen molar-refractivity contribution in [1.82, 2.24) is 15.1 Å². The number of aryl methyl sites for hydroxylation is 2. The van der Waals surface area contributed by atoms with Gasteiger partial charge in [-0.2, -0.15) is 5.10 Å². The molecule has 2 N–H and O–H groups in total. The first-order valence-corrected chi connectivity index (χ1v) is 9.19. The molecule has 0 atom stereocenters. The zero-order valence-corrected chi connectivity index (χ0v) is 16.2. The monoisotopic (exact) mass is 384 g/mol. The number of nitrogens with one attached hydrogen (secondary N) is 2. The van der Waals surface area contributed by atoms with Gasteiger partial charge in [-0.05, 0) is 44.9 Å². The molecular weight excluding hydrogens is 360 g/mol. The number of carbonyl (C=O) groups excluding carboxylic acids is 3. The van der Waals surface area contributed by atoms with Crippen LogP contribution in [0.25, 0.3) is 0 Å². The predicted molar refractivity (Wildman–Crippen MR) is 103 cm³/mol. The molecule has 0 saturated heterocycles. The number of anilines is 1. The molecule has 2 amide bonds. The summed E-state index contributed by atoms with van der Waals surface area (Å²) in [6, 6.07) is 6.91. The van der Waals surface area contributed by atoms with Crippen molar-refractivity contribution in [3.63, 3.8) is 0 Å². The van der Waals surface area contributed by atoms with Gasteiger partial charge in [-0.3, -0.25) is 19.1 Å². The Labute approximate surface area is 163 Å². The molecule has 1 aliphatic rings. The number of carbonyl (C=O) groups is 3. The fourth-order valence-electron chi connectivity index (χ4n) is 2.85. The van der Waals surface area contributed by atoms with E-state index in [4.69, 9.17) is 4.74 Å². The topological polar surface area (TPSA) is 102 Å². The SMILES string of the molecule is Cc1nn(C)c(C)c1CC(=O)OCC(=O)Nc1cccc(C(=O)NC2CC2)c1. The Bertz CT molecular complexity index is 915. The highest BCUT2D eigenvalue weighted by molar-refractivity contribution is 5.98. The lowest BCUT2D eigenvalue weighted by Gasteiger charge is -2.09. The quantitative estimate of drug-likeness (QED) is 0.707. The summed E-state index contributed by atoms with van der Waals surface area (Å²) >= 11 is 0. The molecule has 1 saturated carbocycles. The highest BCUT2D eigenvalue weighted by atomic mass is 16.5. The van der Waals surface area contributed by atoms with Crippen LogP contribution in [0.3, 0.4) is 0 Å². The second kappa shape index (κ2) is 8.24. The van der Waals surface area contributed by atoms with Crippen LogP contribution in [0.15, 0.2) is 24.3 Å². The molecular formula is C20H24N4O4. The third kappa shape index (κ3) is 4.97. The Hall–Kier alpha value is -3.16. The van der Waals surface area contributed by atoms with E-state index in [1.54, 1.807) is 28.9 Å². The maximum absolute atomic E-state index is 12.1. The van der Waals surface area contributed by atoms with Gasteiger partial charge in [-0.1, -0.05) is 6.07 Å². The average Bonchev–Trinajstić information content (AvgIpc) is 3.43. The van der Waals surface area contributed by atoms with Crippen molar-refractivity contribution in [2.24, 2.45) is 7.05 Å². The van der Waals surface area contributed by atoms with Gasteiger partial charge in [0.05, 0.1) is 12.1 Å². The molecule has 0 aliphatic heterocycles. The van der Waals surface area contributed by atoms with Crippen LogP contribution in [0.1, 0.15) is 40.2 Å². The zero-order valence-electron chi connectivity index (χ0n) is 16.2. The van der Waals surface area contributed by atoms with Crippen molar-refractivity contribution in [3.05, 3.63) is 46.8 Å².